The van der Waals surface area contributed by atoms with Crippen LogP contribution in [0.1, 0.15) is 0 Å². The molecule has 50 heavy (non-hydrogen) atoms. The zero-order valence-corrected chi connectivity index (χ0v) is 27.3. The molecule has 1 aromatic heterocycles. The van der Waals surface area contributed by atoms with E-state index in [0.717, 1.165) is 50.1 Å². The van der Waals surface area contributed by atoms with E-state index < -0.39 is 0 Å². The maximum absolute atomic E-state index is 6.94. The van der Waals surface area contributed by atoms with Gasteiger partial charge in [-0.25, -0.2) is 0 Å². The Kier molecular flexibility index (Phi) is 6.53. The molecule has 0 saturated carbocycles. The predicted molar refractivity (Wildman–Crippen MR) is 212 cm³/mol. The fraction of sp³-hybridized carbons (Fsp3) is 0. The third-order valence-corrected chi connectivity index (χ3v) is 9.99. The first-order valence-electron chi connectivity index (χ1n) is 17.1. The van der Waals surface area contributed by atoms with Gasteiger partial charge < -0.3 is 9.32 Å². The average molecular weight is 638 g/mol. The molecule has 0 aliphatic carbocycles. The maximum atomic E-state index is 6.94. The maximum Gasteiger partial charge on any atom is 0.143 e. The molecule has 10 aromatic rings. The highest BCUT2D eigenvalue weighted by atomic mass is 16.3. The topological polar surface area (TPSA) is 16.4 Å². The fourth-order valence-electron chi connectivity index (χ4n) is 7.60. The summed E-state index contributed by atoms with van der Waals surface area (Å²) in [6, 6.07) is 67.4. The SMILES string of the molecule is c1ccc(-c2ccc(N(c3ccc4ccccc4c3)c3cccc4oc5c(-c6ccc7ccccc7c6)c6ccccc6cc5c34)cc2)cc1. The fourth-order valence-corrected chi connectivity index (χ4v) is 7.60. The Labute approximate surface area is 290 Å². The van der Waals surface area contributed by atoms with Gasteiger partial charge in [-0.15, -0.1) is 0 Å². The number of rotatable bonds is 5. The van der Waals surface area contributed by atoms with Gasteiger partial charge in [0.05, 0.1) is 11.1 Å². The van der Waals surface area contributed by atoms with E-state index in [1.165, 1.54) is 43.4 Å². The Bertz CT molecular complexity index is 2870. The summed E-state index contributed by atoms with van der Waals surface area (Å²) in [5.41, 5.74) is 9.67. The number of hydrogen-bond acceptors (Lipinski definition) is 2. The molecule has 0 saturated heterocycles. The molecule has 9 aromatic carbocycles. The van der Waals surface area contributed by atoms with Gasteiger partial charge in [-0.3, -0.25) is 0 Å². The average Bonchev–Trinajstić information content (AvgIpc) is 3.56. The summed E-state index contributed by atoms with van der Waals surface area (Å²) in [5.74, 6) is 0. The van der Waals surface area contributed by atoms with Gasteiger partial charge in [0.1, 0.15) is 11.2 Å². The Morgan fingerprint density at radius 1 is 0.360 bits per heavy atom. The lowest BCUT2D eigenvalue weighted by Crippen LogP contribution is -2.10. The van der Waals surface area contributed by atoms with Crippen molar-refractivity contribution in [2.24, 2.45) is 0 Å². The van der Waals surface area contributed by atoms with Crippen molar-refractivity contribution in [3.8, 4) is 22.3 Å². The Morgan fingerprint density at radius 3 is 1.74 bits per heavy atom. The molecule has 0 spiro atoms. The minimum absolute atomic E-state index is 0.863. The molecule has 2 nitrogen and oxygen atoms in total. The molecule has 0 atom stereocenters. The van der Waals surface area contributed by atoms with Crippen molar-refractivity contribution in [2.75, 3.05) is 4.90 Å². The van der Waals surface area contributed by atoms with Crippen LogP contribution in [-0.4, -0.2) is 0 Å². The van der Waals surface area contributed by atoms with Crippen LogP contribution in [0.5, 0.6) is 0 Å². The Morgan fingerprint density at radius 2 is 0.960 bits per heavy atom. The summed E-state index contributed by atoms with van der Waals surface area (Å²) in [7, 11) is 0. The highest BCUT2D eigenvalue weighted by Crippen LogP contribution is 2.47. The number of fused-ring (bicyclic) bond motifs is 6. The van der Waals surface area contributed by atoms with E-state index in [9.17, 15) is 0 Å². The molecule has 0 aliphatic rings. The van der Waals surface area contributed by atoms with Crippen molar-refractivity contribution in [1.29, 1.82) is 0 Å². The molecule has 0 amide bonds. The third-order valence-electron chi connectivity index (χ3n) is 9.99. The van der Waals surface area contributed by atoms with Crippen LogP contribution >= 0.6 is 0 Å². The van der Waals surface area contributed by atoms with Gasteiger partial charge in [-0.2, -0.15) is 0 Å². The van der Waals surface area contributed by atoms with Crippen molar-refractivity contribution in [3.05, 3.63) is 188 Å². The molecule has 0 unspecified atom stereocenters. The van der Waals surface area contributed by atoms with Crippen LogP contribution in [0.3, 0.4) is 0 Å². The van der Waals surface area contributed by atoms with E-state index in [2.05, 4.69) is 193 Å². The third kappa shape index (κ3) is 4.65. The summed E-state index contributed by atoms with van der Waals surface area (Å²) < 4.78 is 6.94. The van der Waals surface area contributed by atoms with Crippen LogP contribution in [0.4, 0.5) is 17.1 Å². The highest BCUT2D eigenvalue weighted by Gasteiger charge is 2.23. The van der Waals surface area contributed by atoms with Crippen LogP contribution < -0.4 is 4.90 Å². The lowest BCUT2D eigenvalue weighted by atomic mass is 9.93. The van der Waals surface area contributed by atoms with Crippen LogP contribution in [0, 0.1) is 0 Å². The normalized spacial score (nSPS) is 11.6. The molecule has 0 aliphatic heterocycles. The molecular weight excluding hydrogens is 607 g/mol. The predicted octanol–water partition coefficient (Wildman–Crippen LogP) is 13.8. The van der Waals surface area contributed by atoms with Crippen LogP contribution in [0.2, 0.25) is 0 Å². The zero-order valence-electron chi connectivity index (χ0n) is 27.3. The number of anilines is 3. The molecule has 0 radical (unpaired) electrons. The molecule has 1 heterocycles. The summed E-state index contributed by atoms with van der Waals surface area (Å²) in [4.78, 5) is 2.38. The Hall–Kier alpha value is -6.64. The van der Waals surface area contributed by atoms with E-state index in [1.54, 1.807) is 0 Å². The highest BCUT2D eigenvalue weighted by molar-refractivity contribution is 6.22. The minimum atomic E-state index is 0.863. The lowest BCUT2D eigenvalue weighted by Gasteiger charge is -2.27. The number of furan rings is 1. The van der Waals surface area contributed by atoms with Gasteiger partial charge in [0.25, 0.3) is 0 Å². The standard InChI is InChI=1S/C48H31NO/c1-2-11-32(12-3-1)35-23-26-40(27-24-35)49(41-28-25-34-14-5-7-16-37(34)30-41)44-19-10-20-45-47(44)43-31-38-17-8-9-18-42(38)46(48(43)50-45)39-22-21-33-13-4-6-15-36(33)29-39/h1-31H. The van der Waals surface area contributed by atoms with Gasteiger partial charge >= 0.3 is 0 Å². The number of benzene rings is 9. The molecule has 0 fully saturated rings. The number of hydrogen-bond donors (Lipinski definition) is 0. The second kappa shape index (κ2) is 11.5. The number of nitrogens with zero attached hydrogens (tertiary/aromatic N) is 1. The van der Waals surface area contributed by atoms with Crippen molar-refractivity contribution in [3.63, 3.8) is 0 Å². The van der Waals surface area contributed by atoms with E-state index in [4.69, 9.17) is 4.42 Å². The summed E-state index contributed by atoms with van der Waals surface area (Å²) >= 11 is 0. The lowest BCUT2D eigenvalue weighted by molar-refractivity contribution is 0.670. The molecule has 0 N–H and O–H groups in total. The monoisotopic (exact) mass is 637 g/mol. The van der Waals surface area contributed by atoms with Gasteiger partial charge in [-0.05, 0) is 97.5 Å². The first-order chi connectivity index (χ1) is 24.8. The molecule has 0 bridgehead atoms. The van der Waals surface area contributed by atoms with Crippen LogP contribution in [0.25, 0.3) is 76.5 Å². The van der Waals surface area contributed by atoms with Crippen molar-refractivity contribution < 1.29 is 4.42 Å². The first-order valence-corrected chi connectivity index (χ1v) is 17.1. The second-order valence-electron chi connectivity index (χ2n) is 12.9. The smallest absolute Gasteiger partial charge is 0.143 e. The summed E-state index contributed by atoms with van der Waals surface area (Å²) in [5, 5.41) is 9.41. The van der Waals surface area contributed by atoms with Gasteiger partial charge in [0.15, 0.2) is 0 Å². The molecule has 2 heteroatoms. The van der Waals surface area contributed by atoms with E-state index in [-0.39, 0.29) is 0 Å². The largest absolute Gasteiger partial charge is 0.455 e. The van der Waals surface area contributed by atoms with E-state index in [1.807, 2.05) is 0 Å². The quantitative estimate of drug-likeness (QED) is 0.187. The van der Waals surface area contributed by atoms with Crippen molar-refractivity contribution in [2.45, 2.75) is 0 Å². The van der Waals surface area contributed by atoms with Crippen molar-refractivity contribution >= 4 is 71.3 Å². The van der Waals surface area contributed by atoms with Crippen LogP contribution in [0.15, 0.2) is 192 Å². The van der Waals surface area contributed by atoms with Gasteiger partial charge in [0.2, 0.25) is 0 Å². The van der Waals surface area contributed by atoms with E-state index >= 15 is 0 Å². The molecular formula is C48H31NO. The summed E-state index contributed by atoms with van der Waals surface area (Å²) in [6.45, 7) is 0. The Balaban J connectivity index is 1.25. The molecule has 234 valence electrons. The van der Waals surface area contributed by atoms with Crippen LogP contribution in [-0.2, 0) is 0 Å². The molecule has 10 rings (SSSR count). The first kappa shape index (κ1) is 28.4. The van der Waals surface area contributed by atoms with Gasteiger partial charge in [-0.1, -0.05) is 140 Å². The minimum Gasteiger partial charge on any atom is -0.455 e. The van der Waals surface area contributed by atoms with E-state index in [0.29, 0.717) is 0 Å². The van der Waals surface area contributed by atoms with Gasteiger partial charge in [0, 0.05) is 22.3 Å². The second-order valence-corrected chi connectivity index (χ2v) is 12.9. The summed E-state index contributed by atoms with van der Waals surface area (Å²) in [6.07, 6.45) is 0. The zero-order chi connectivity index (χ0) is 33.0. The van der Waals surface area contributed by atoms with Crippen molar-refractivity contribution in [1.82, 2.24) is 0 Å².